The average molecular weight is 339 g/mol. The van der Waals surface area contributed by atoms with E-state index in [1.807, 2.05) is 6.20 Å². The number of thiazole rings is 1. The first-order valence-electron chi connectivity index (χ1n) is 7.35. The molecule has 22 heavy (non-hydrogen) atoms. The molecule has 0 spiro atoms. The number of hydrogen-bond acceptors (Lipinski definition) is 5. The van der Waals surface area contributed by atoms with Crippen molar-refractivity contribution < 1.29 is 0 Å². The molecule has 120 valence electrons. The van der Waals surface area contributed by atoms with E-state index >= 15 is 0 Å². The number of nitrogen functional groups attached to an aromatic ring is 1. The van der Waals surface area contributed by atoms with Gasteiger partial charge < -0.3 is 10.6 Å². The van der Waals surface area contributed by atoms with E-state index in [-0.39, 0.29) is 12.4 Å². The Bertz CT molecular complexity index is 614. The highest BCUT2D eigenvalue weighted by Crippen LogP contribution is 2.35. The van der Waals surface area contributed by atoms with Crippen molar-refractivity contribution in [2.75, 3.05) is 31.3 Å². The van der Waals surface area contributed by atoms with E-state index in [1.165, 1.54) is 29.0 Å². The number of halogens is 1. The Balaban J connectivity index is 0.00000176. The lowest BCUT2D eigenvalue weighted by atomic mass is 10.0. The van der Waals surface area contributed by atoms with Crippen molar-refractivity contribution in [3.8, 4) is 0 Å². The molecule has 1 aliphatic heterocycles. The molecule has 1 saturated heterocycles. The van der Waals surface area contributed by atoms with Crippen LogP contribution in [0.15, 0.2) is 30.5 Å². The summed E-state index contributed by atoms with van der Waals surface area (Å²) in [5.41, 5.74) is 8.41. The van der Waals surface area contributed by atoms with Crippen LogP contribution in [0.4, 0.5) is 10.8 Å². The Morgan fingerprint density at radius 3 is 2.91 bits per heavy atom. The van der Waals surface area contributed by atoms with Crippen molar-refractivity contribution in [3.63, 3.8) is 0 Å². The average Bonchev–Trinajstić information content (AvgIpc) is 3.09. The number of rotatable bonds is 4. The summed E-state index contributed by atoms with van der Waals surface area (Å²) < 4.78 is 0. The molecule has 1 aromatic carbocycles. The van der Waals surface area contributed by atoms with Crippen molar-refractivity contribution in [1.82, 2.24) is 9.88 Å². The topological polar surface area (TPSA) is 45.4 Å². The lowest BCUT2D eigenvalue weighted by Gasteiger charge is -2.25. The van der Waals surface area contributed by atoms with Gasteiger partial charge in [0.15, 0.2) is 5.13 Å². The second kappa shape index (κ2) is 7.31. The summed E-state index contributed by atoms with van der Waals surface area (Å²) in [6.45, 7) is 2.10. The molecule has 0 saturated carbocycles. The zero-order chi connectivity index (χ0) is 14.8. The standard InChI is InChI=1S/C16H22N4S.ClH/c1-19(2)13-6-3-5-12(9-13)15-7-4-8-20(15)11-14-10-18-16(17)21-14;/h3,5-6,9-10,15H,4,7-8,11H2,1-2H3,(H2,17,18);1H. The van der Waals surface area contributed by atoms with Gasteiger partial charge in [-0.2, -0.15) is 0 Å². The monoisotopic (exact) mass is 338 g/mol. The maximum atomic E-state index is 5.74. The fourth-order valence-electron chi connectivity index (χ4n) is 3.00. The van der Waals surface area contributed by atoms with Crippen LogP contribution in [0.5, 0.6) is 0 Å². The second-order valence-electron chi connectivity index (χ2n) is 5.78. The summed E-state index contributed by atoms with van der Waals surface area (Å²) in [7, 11) is 4.18. The number of likely N-dealkylation sites (tertiary alicyclic amines) is 1. The quantitative estimate of drug-likeness (QED) is 0.926. The number of aromatic nitrogens is 1. The van der Waals surface area contributed by atoms with Gasteiger partial charge in [0.2, 0.25) is 0 Å². The van der Waals surface area contributed by atoms with Gasteiger partial charge >= 0.3 is 0 Å². The first-order valence-corrected chi connectivity index (χ1v) is 8.16. The molecule has 1 atom stereocenters. The molecule has 1 aromatic heterocycles. The molecule has 0 radical (unpaired) electrons. The highest BCUT2D eigenvalue weighted by molar-refractivity contribution is 7.15. The number of nitrogens with zero attached hydrogens (tertiary/aromatic N) is 3. The predicted molar refractivity (Wildman–Crippen MR) is 96.9 cm³/mol. The van der Waals surface area contributed by atoms with E-state index in [9.17, 15) is 0 Å². The Kier molecular flexibility index (Phi) is 5.67. The number of anilines is 2. The third-order valence-corrected chi connectivity index (χ3v) is 4.88. The lowest BCUT2D eigenvalue weighted by molar-refractivity contribution is 0.250. The molecule has 1 fully saturated rings. The third kappa shape index (κ3) is 3.72. The van der Waals surface area contributed by atoms with Gasteiger partial charge in [0.1, 0.15) is 0 Å². The molecule has 0 amide bonds. The molecule has 6 heteroatoms. The summed E-state index contributed by atoms with van der Waals surface area (Å²) in [5.74, 6) is 0. The Morgan fingerprint density at radius 2 is 2.23 bits per heavy atom. The first kappa shape index (κ1) is 17.1. The Labute approximate surface area is 142 Å². The lowest BCUT2D eigenvalue weighted by Crippen LogP contribution is -2.22. The molecule has 2 N–H and O–H groups in total. The molecule has 0 aliphatic carbocycles. The van der Waals surface area contributed by atoms with Crippen LogP contribution in [0.2, 0.25) is 0 Å². The van der Waals surface area contributed by atoms with E-state index in [4.69, 9.17) is 5.73 Å². The molecule has 1 aliphatic rings. The van der Waals surface area contributed by atoms with Crippen LogP contribution in [-0.2, 0) is 6.54 Å². The number of nitrogens with two attached hydrogens (primary N) is 1. The first-order chi connectivity index (χ1) is 10.1. The van der Waals surface area contributed by atoms with Crippen LogP contribution in [-0.4, -0.2) is 30.5 Å². The van der Waals surface area contributed by atoms with E-state index < -0.39 is 0 Å². The SMILES string of the molecule is CN(C)c1cccc(C2CCCN2Cc2cnc(N)s2)c1.Cl. The van der Waals surface area contributed by atoms with Crippen molar-refractivity contribution >= 4 is 34.6 Å². The van der Waals surface area contributed by atoms with Crippen LogP contribution < -0.4 is 10.6 Å². The normalized spacial score (nSPS) is 18.2. The van der Waals surface area contributed by atoms with Crippen molar-refractivity contribution in [1.29, 1.82) is 0 Å². The maximum Gasteiger partial charge on any atom is 0.180 e. The summed E-state index contributed by atoms with van der Waals surface area (Å²) in [6, 6.07) is 9.38. The van der Waals surface area contributed by atoms with E-state index in [0.717, 1.165) is 13.1 Å². The Morgan fingerprint density at radius 1 is 1.41 bits per heavy atom. The smallest absolute Gasteiger partial charge is 0.180 e. The fraction of sp³-hybridized carbons (Fsp3) is 0.438. The zero-order valence-electron chi connectivity index (χ0n) is 13.0. The molecule has 4 nitrogen and oxygen atoms in total. The molecule has 0 bridgehead atoms. The minimum absolute atomic E-state index is 0. The van der Waals surface area contributed by atoms with Gasteiger partial charge in [0, 0.05) is 43.4 Å². The third-order valence-electron chi connectivity index (χ3n) is 4.07. The highest BCUT2D eigenvalue weighted by atomic mass is 35.5. The summed E-state index contributed by atoms with van der Waals surface area (Å²) in [4.78, 5) is 10.1. The van der Waals surface area contributed by atoms with Gasteiger partial charge in [-0.1, -0.05) is 12.1 Å². The molecule has 2 aromatic rings. The largest absolute Gasteiger partial charge is 0.378 e. The van der Waals surface area contributed by atoms with Gasteiger partial charge in [-0.25, -0.2) is 4.98 Å². The van der Waals surface area contributed by atoms with Crippen LogP contribution in [0.3, 0.4) is 0 Å². The van der Waals surface area contributed by atoms with Crippen LogP contribution in [0.1, 0.15) is 29.3 Å². The van der Waals surface area contributed by atoms with Crippen LogP contribution in [0, 0.1) is 0 Å². The maximum absolute atomic E-state index is 5.74. The van der Waals surface area contributed by atoms with Crippen LogP contribution in [0.25, 0.3) is 0 Å². The van der Waals surface area contributed by atoms with Crippen molar-refractivity contribution in [2.24, 2.45) is 0 Å². The van der Waals surface area contributed by atoms with Gasteiger partial charge in [-0.3, -0.25) is 4.90 Å². The summed E-state index contributed by atoms with van der Waals surface area (Å²) >= 11 is 1.60. The zero-order valence-corrected chi connectivity index (χ0v) is 14.7. The van der Waals surface area contributed by atoms with E-state index in [1.54, 1.807) is 11.3 Å². The number of benzene rings is 1. The molecular weight excluding hydrogens is 316 g/mol. The summed E-state index contributed by atoms with van der Waals surface area (Å²) in [6.07, 6.45) is 4.39. The molecule has 2 heterocycles. The van der Waals surface area contributed by atoms with Crippen molar-refractivity contribution in [2.45, 2.75) is 25.4 Å². The van der Waals surface area contributed by atoms with Gasteiger partial charge in [0.05, 0.1) is 0 Å². The second-order valence-corrected chi connectivity index (χ2v) is 6.93. The Hall–Kier alpha value is -1.30. The summed E-state index contributed by atoms with van der Waals surface area (Å²) in [5, 5.41) is 0.662. The van der Waals surface area contributed by atoms with Gasteiger partial charge in [-0.05, 0) is 37.1 Å². The van der Waals surface area contributed by atoms with Crippen molar-refractivity contribution in [3.05, 3.63) is 40.9 Å². The minimum atomic E-state index is 0. The minimum Gasteiger partial charge on any atom is -0.378 e. The molecule has 1 unspecified atom stereocenters. The molecular formula is C16H23ClN4S. The molecule has 3 rings (SSSR count). The van der Waals surface area contributed by atoms with E-state index in [2.05, 4.69) is 53.1 Å². The van der Waals surface area contributed by atoms with E-state index in [0.29, 0.717) is 11.2 Å². The van der Waals surface area contributed by atoms with Gasteiger partial charge in [-0.15, -0.1) is 23.7 Å². The predicted octanol–water partition coefficient (Wildman–Crippen LogP) is 3.55. The van der Waals surface area contributed by atoms with Crippen LogP contribution >= 0.6 is 23.7 Å². The fourth-order valence-corrected chi connectivity index (χ4v) is 3.71. The number of hydrogen-bond donors (Lipinski definition) is 1. The van der Waals surface area contributed by atoms with Gasteiger partial charge in [0.25, 0.3) is 0 Å². The highest BCUT2D eigenvalue weighted by Gasteiger charge is 2.26.